The van der Waals surface area contributed by atoms with Gasteiger partial charge in [-0.15, -0.1) is 0 Å². The normalized spacial score (nSPS) is 16.9. The van der Waals surface area contributed by atoms with Crippen LogP contribution in [0.3, 0.4) is 0 Å². The van der Waals surface area contributed by atoms with Gasteiger partial charge in [-0.1, -0.05) is 141 Å². The highest BCUT2D eigenvalue weighted by molar-refractivity contribution is 6.10. The molecule has 0 spiro atoms. The average molecular weight is 681 g/mol. The Morgan fingerprint density at radius 3 is 1.92 bits per heavy atom. The molecule has 8 aromatic rings. The van der Waals surface area contributed by atoms with Gasteiger partial charge in [0.15, 0.2) is 0 Å². The summed E-state index contributed by atoms with van der Waals surface area (Å²) in [5.74, 6) is 0.887. The van der Waals surface area contributed by atoms with Gasteiger partial charge in [0.2, 0.25) is 0 Å². The molecule has 0 radical (unpaired) electrons. The highest BCUT2D eigenvalue weighted by atomic mass is 15.1. The van der Waals surface area contributed by atoms with E-state index < -0.39 is 0 Å². The van der Waals surface area contributed by atoms with Crippen molar-refractivity contribution in [3.63, 3.8) is 0 Å². The lowest BCUT2D eigenvalue weighted by atomic mass is 9.74. The summed E-state index contributed by atoms with van der Waals surface area (Å²) in [4.78, 5) is 2.43. The molecule has 10 rings (SSSR count). The van der Waals surface area contributed by atoms with Crippen LogP contribution in [-0.2, 0) is 5.41 Å². The molecule has 0 saturated carbocycles. The van der Waals surface area contributed by atoms with Gasteiger partial charge in [0, 0.05) is 39.4 Å². The van der Waals surface area contributed by atoms with Crippen LogP contribution >= 0.6 is 0 Å². The van der Waals surface area contributed by atoms with Crippen molar-refractivity contribution < 1.29 is 0 Å². The van der Waals surface area contributed by atoms with Gasteiger partial charge in [0.05, 0.1) is 11.0 Å². The number of rotatable bonds is 6. The fraction of sp³-hybridized carbons (Fsp3) is 0.0980. The third-order valence-corrected chi connectivity index (χ3v) is 11.7. The SMILES string of the molecule is CC1(C)c2cc(N(c3ccc(-c4ccc5c(c4)c4ccccc4n5-c4ccccc4)cc3)c3cccc(-c4ccccc4)c3)ccc2C2C=CC=CC21. The molecule has 0 bridgehead atoms. The topological polar surface area (TPSA) is 8.17 Å². The summed E-state index contributed by atoms with van der Waals surface area (Å²) in [6.45, 7) is 4.82. The minimum Gasteiger partial charge on any atom is -0.310 e. The first-order chi connectivity index (χ1) is 26.0. The van der Waals surface area contributed by atoms with Crippen molar-refractivity contribution in [1.29, 1.82) is 0 Å². The first kappa shape index (κ1) is 31.4. The van der Waals surface area contributed by atoms with Crippen molar-refractivity contribution in [2.75, 3.05) is 4.90 Å². The largest absolute Gasteiger partial charge is 0.310 e. The molecular formula is C51H40N2. The van der Waals surface area contributed by atoms with Gasteiger partial charge in [0.1, 0.15) is 0 Å². The molecule has 2 atom stereocenters. The van der Waals surface area contributed by atoms with Crippen LogP contribution in [0.1, 0.15) is 30.9 Å². The molecule has 1 heterocycles. The molecule has 1 aromatic heterocycles. The van der Waals surface area contributed by atoms with Gasteiger partial charge in [0.25, 0.3) is 0 Å². The van der Waals surface area contributed by atoms with Crippen LogP contribution in [0, 0.1) is 5.92 Å². The smallest absolute Gasteiger partial charge is 0.0541 e. The Bertz CT molecular complexity index is 2690. The van der Waals surface area contributed by atoms with Crippen molar-refractivity contribution in [2.45, 2.75) is 25.2 Å². The Morgan fingerprint density at radius 1 is 0.472 bits per heavy atom. The fourth-order valence-corrected chi connectivity index (χ4v) is 9.02. The van der Waals surface area contributed by atoms with Crippen LogP contribution in [0.5, 0.6) is 0 Å². The number of anilines is 3. The summed E-state index contributed by atoms with van der Waals surface area (Å²) < 4.78 is 2.37. The van der Waals surface area contributed by atoms with E-state index in [2.05, 4.69) is 217 Å². The van der Waals surface area contributed by atoms with Crippen LogP contribution in [0.2, 0.25) is 0 Å². The Labute approximate surface area is 311 Å². The number of benzene rings is 7. The molecule has 2 unspecified atom stereocenters. The lowest BCUT2D eigenvalue weighted by Crippen LogP contribution is -2.24. The summed E-state index contributed by atoms with van der Waals surface area (Å²) in [7, 11) is 0. The number of hydrogen-bond donors (Lipinski definition) is 0. The van der Waals surface area contributed by atoms with E-state index in [-0.39, 0.29) is 5.41 Å². The highest BCUT2D eigenvalue weighted by Gasteiger charge is 2.44. The van der Waals surface area contributed by atoms with Crippen molar-refractivity contribution in [2.24, 2.45) is 5.92 Å². The maximum atomic E-state index is 2.45. The van der Waals surface area contributed by atoms with E-state index in [0.29, 0.717) is 11.8 Å². The molecule has 0 saturated heterocycles. The average Bonchev–Trinajstić information content (AvgIpc) is 3.67. The van der Waals surface area contributed by atoms with E-state index in [0.717, 1.165) is 11.4 Å². The van der Waals surface area contributed by atoms with E-state index in [1.165, 1.54) is 66.6 Å². The number of allylic oxidation sites excluding steroid dienone is 4. The van der Waals surface area contributed by atoms with E-state index in [1.807, 2.05) is 0 Å². The second-order valence-electron chi connectivity index (χ2n) is 15.0. The minimum absolute atomic E-state index is 0.0287. The second-order valence-corrected chi connectivity index (χ2v) is 15.0. The molecule has 2 aliphatic carbocycles. The summed E-state index contributed by atoms with van der Waals surface area (Å²) in [6.07, 6.45) is 9.22. The summed E-state index contributed by atoms with van der Waals surface area (Å²) in [5.41, 5.74) is 14.8. The number of para-hydroxylation sites is 2. The standard InChI is InChI=1S/C51H40N2/c1-51(2)47-22-11-9-20-43(47)44-30-29-42(34-48(44)51)52(41-19-13-16-37(32-41)35-14-5-3-6-15-35)40-27-24-36(25-28-40)38-26-31-50-46(33-38)45-21-10-12-23-49(45)53(50)39-17-7-4-8-18-39/h3-34,43,47H,1-2H3. The van der Waals surface area contributed by atoms with Crippen molar-refractivity contribution in [1.82, 2.24) is 4.57 Å². The summed E-state index contributed by atoms with van der Waals surface area (Å²) >= 11 is 0. The van der Waals surface area contributed by atoms with Crippen molar-refractivity contribution in [3.8, 4) is 27.9 Å². The quantitative estimate of drug-likeness (QED) is 0.170. The number of nitrogens with zero attached hydrogens (tertiary/aromatic N) is 2. The molecule has 0 aliphatic heterocycles. The van der Waals surface area contributed by atoms with Crippen LogP contribution in [-0.4, -0.2) is 4.57 Å². The number of fused-ring (bicyclic) bond motifs is 6. The zero-order valence-corrected chi connectivity index (χ0v) is 30.0. The third-order valence-electron chi connectivity index (χ3n) is 11.7. The maximum Gasteiger partial charge on any atom is 0.0541 e. The predicted molar refractivity (Wildman–Crippen MR) is 224 cm³/mol. The predicted octanol–water partition coefficient (Wildman–Crippen LogP) is 13.7. The maximum absolute atomic E-state index is 2.45. The molecule has 2 nitrogen and oxygen atoms in total. The van der Waals surface area contributed by atoms with E-state index in [4.69, 9.17) is 0 Å². The second kappa shape index (κ2) is 12.4. The van der Waals surface area contributed by atoms with Gasteiger partial charge >= 0.3 is 0 Å². The molecule has 2 heteroatoms. The van der Waals surface area contributed by atoms with Crippen LogP contribution < -0.4 is 4.90 Å². The van der Waals surface area contributed by atoms with Gasteiger partial charge in [-0.3, -0.25) is 0 Å². The van der Waals surface area contributed by atoms with Gasteiger partial charge in [-0.05, 0) is 111 Å². The molecular weight excluding hydrogens is 641 g/mol. The van der Waals surface area contributed by atoms with Crippen LogP contribution in [0.4, 0.5) is 17.1 Å². The Morgan fingerprint density at radius 2 is 1.09 bits per heavy atom. The zero-order valence-electron chi connectivity index (χ0n) is 30.0. The van der Waals surface area contributed by atoms with E-state index in [9.17, 15) is 0 Å². The van der Waals surface area contributed by atoms with Gasteiger partial charge in [-0.2, -0.15) is 0 Å². The Hall–Kier alpha value is -6.38. The van der Waals surface area contributed by atoms with Gasteiger partial charge in [-0.25, -0.2) is 0 Å². The summed E-state index contributed by atoms with van der Waals surface area (Å²) in [5, 5.41) is 2.52. The third kappa shape index (κ3) is 5.17. The molecule has 2 aliphatic rings. The molecule has 254 valence electrons. The molecule has 0 fully saturated rings. The molecule has 0 N–H and O–H groups in total. The molecule has 53 heavy (non-hydrogen) atoms. The first-order valence-corrected chi connectivity index (χ1v) is 18.7. The van der Waals surface area contributed by atoms with Crippen LogP contribution in [0.15, 0.2) is 194 Å². The number of aromatic nitrogens is 1. The lowest BCUT2D eigenvalue weighted by molar-refractivity contribution is 0.394. The summed E-state index contributed by atoms with van der Waals surface area (Å²) in [6, 6.07) is 62.2. The minimum atomic E-state index is 0.0287. The van der Waals surface area contributed by atoms with Crippen molar-refractivity contribution >= 4 is 38.9 Å². The van der Waals surface area contributed by atoms with Gasteiger partial charge < -0.3 is 9.47 Å². The van der Waals surface area contributed by atoms with Crippen molar-refractivity contribution in [3.05, 3.63) is 205 Å². The fourth-order valence-electron chi connectivity index (χ4n) is 9.02. The molecule has 0 amide bonds. The van der Waals surface area contributed by atoms with E-state index in [1.54, 1.807) is 0 Å². The highest BCUT2D eigenvalue weighted by Crippen LogP contribution is 2.54. The van der Waals surface area contributed by atoms with Crippen LogP contribution in [0.25, 0.3) is 49.7 Å². The monoisotopic (exact) mass is 680 g/mol. The Kier molecular flexibility index (Phi) is 7.33. The Balaban J connectivity index is 1.08. The zero-order chi connectivity index (χ0) is 35.5. The number of hydrogen-bond acceptors (Lipinski definition) is 1. The van der Waals surface area contributed by atoms with E-state index >= 15 is 0 Å². The first-order valence-electron chi connectivity index (χ1n) is 18.7. The molecule has 7 aromatic carbocycles. The lowest BCUT2D eigenvalue weighted by Gasteiger charge is -2.30.